The summed E-state index contributed by atoms with van der Waals surface area (Å²) in [5.41, 5.74) is 0. The highest BCUT2D eigenvalue weighted by Crippen LogP contribution is 2.27. The number of likely N-dealkylation sites (N-methyl/N-ethyl adjacent to an activating group) is 1. The predicted molar refractivity (Wildman–Crippen MR) is 75.9 cm³/mol. The van der Waals surface area contributed by atoms with Crippen molar-refractivity contribution in [3.8, 4) is 0 Å². The van der Waals surface area contributed by atoms with Crippen LogP contribution >= 0.6 is 0 Å². The van der Waals surface area contributed by atoms with E-state index in [9.17, 15) is 0 Å². The first-order valence-electron chi connectivity index (χ1n) is 7.93. The molecule has 0 bridgehead atoms. The summed E-state index contributed by atoms with van der Waals surface area (Å²) in [7, 11) is 0. The Morgan fingerprint density at radius 2 is 1.94 bits per heavy atom. The average molecular weight is 254 g/mol. The van der Waals surface area contributed by atoms with Crippen molar-refractivity contribution in [1.82, 2.24) is 10.2 Å². The summed E-state index contributed by atoms with van der Waals surface area (Å²) >= 11 is 0. The summed E-state index contributed by atoms with van der Waals surface area (Å²) in [5, 5.41) is 3.74. The molecule has 0 amide bonds. The molecule has 3 heteroatoms. The lowest BCUT2D eigenvalue weighted by atomic mass is 9.99. The van der Waals surface area contributed by atoms with Gasteiger partial charge in [0.05, 0.1) is 6.61 Å². The van der Waals surface area contributed by atoms with Crippen LogP contribution in [0.1, 0.15) is 52.4 Å². The molecule has 0 spiro atoms. The van der Waals surface area contributed by atoms with Crippen molar-refractivity contribution in [3.63, 3.8) is 0 Å². The Labute approximate surface area is 112 Å². The van der Waals surface area contributed by atoms with Gasteiger partial charge in [0.25, 0.3) is 0 Å². The van der Waals surface area contributed by atoms with Crippen LogP contribution in [0.2, 0.25) is 0 Å². The fourth-order valence-corrected chi connectivity index (χ4v) is 3.62. The molecule has 0 aromatic heterocycles. The molecule has 1 heterocycles. The third kappa shape index (κ3) is 3.46. The van der Waals surface area contributed by atoms with Crippen LogP contribution in [0.15, 0.2) is 0 Å². The van der Waals surface area contributed by atoms with E-state index in [1.54, 1.807) is 0 Å². The van der Waals surface area contributed by atoms with E-state index in [0.29, 0.717) is 12.1 Å². The van der Waals surface area contributed by atoms with Crippen molar-refractivity contribution in [3.05, 3.63) is 0 Å². The van der Waals surface area contributed by atoms with Crippen LogP contribution < -0.4 is 5.32 Å². The van der Waals surface area contributed by atoms with Gasteiger partial charge in [0, 0.05) is 24.7 Å². The van der Waals surface area contributed by atoms with E-state index in [1.165, 1.54) is 45.1 Å². The van der Waals surface area contributed by atoms with E-state index in [1.807, 2.05) is 0 Å². The van der Waals surface area contributed by atoms with Gasteiger partial charge in [0.15, 0.2) is 0 Å². The monoisotopic (exact) mass is 254 g/mol. The molecule has 2 aliphatic rings. The molecule has 1 aliphatic carbocycles. The van der Waals surface area contributed by atoms with Crippen LogP contribution in [-0.2, 0) is 4.74 Å². The quantitative estimate of drug-likeness (QED) is 0.788. The number of rotatable bonds is 6. The van der Waals surface area contributed by atoms with Crippen molar-refractivity contribution in [2.45, 2.75) is 70.5 Å². The van der Waals surface area contributed by atoms with Crippen LogP contribution in [0.4, 0.5) is 0 Å². The Morgan fingerprint density at radius 3 is 2.61 bits per heavy atom. The second-order valence-electron chi connectivity index (χ2n) is 5.76. The molecule has 0 aromatic rings. The first-order chi connectivity index (χ1) is 8.86. The minimum Gasteiger partial charge on any atom is -0.380 e. The molecule has 106 valence electrons. The molecule has 1 aliphatic heterocycles. The normalized spacial score (nSPS) is 30.2. The van der Waals surface area contributed by atoms with Gasteiger partial charge in [-0.05, 0) is 38.8 Å². The lowest BCUT2D eigenvalue weighted by Gasteiger charge is -2.42. The maximum atomic E-state index is 5.75. The lowest BCUT2D eigenvalue weighted by Crippen LogP contribution is -2.57. The number of nitrogens with one attached hydrogen (secondary N) is 1. The van der Waals surface area contributed by atoms with E-state index in [-0.39, 0.29) is 0 Å². The average Bonchev–Trinajstić information content (AvgIpc) is 2.92. The Morgan fingerprint density at radius 1 is 1.17 bits per heavy atom. The summed E-state index contributed by atoms with van der Waals surface area (Å²) in [5.74, 6) is 0. The van der Waals surface area contributed by atoms with E-state index >= 15 is 0 Å². The van der Waals surface area contributed by atoms with Crippen LogP contribution in [-0.4, -0.2) is 49.3 Å². The van der Waals surface area contributed by atoms with Gasteiger partial charge in [-0.15, -0.1) is 0 Å². The minimum absolute atomic E-state index is 0.596. The Hall–Kier alpha value is -0.120. The van der Waals surface area contributed by atoms with E-state index < -0.39 is 0 Å². The summed E-state index contributed by atoms with van der Waals surface area (Å²) in [4.78, 5) is 2.72. The maximum absolute atomic E-state index is 5.75. The molecule has 0 aromatic carbocycles. The molecule has 2 atom stereocenters. The third-order valence-electron chi connectivity index (χ3n) is 4.57. The molecule has 2 unspecified atom stereocenters. The summed E-state index contributed by atoms with van der Waals surface area (Å²) in [6, 6.07) is 2.05. The van der Waals surface area contributed by atoms with Crippen LogP contribution in [0.25, 0.3) is 0 Å². The predicted octanol–water partition coefficient (Wildman–Crippen LogP) is 2.41. The van der Waals surface area contributed by atoms with E-state index in [0.717, 1.165) is 25.8 Å². The first-order valence-corrected chi connectivity index (χ1v) is 7.93. The Bertz CT molecular complexity index is 229. The van der Waals surface area contributed by atoms with Crippen LogP contribution in [0.5, 0.6) is 0 Å². The van der Waals surface area contributed by atoms with Gasteiger partial charge < -0.3 is 10.1 Å². The molecule has 1 saturated heterocycles. The molecule has 1 N–H and O–H groups in total. The lowest BCUT2D eigenvalue weighted by molar-refractivity contribution is -0.0167. The number of hydrogen-bond acceptors (Lipinski definition) is 3. The molecule has 2 rings (SSSR count). The molecular weight excluding hydrogens is 224 g/mol. The SMILES string of the molecule is CCCNC1CCOCC1N(CC)C1CCCC1. The highest BCUT2D eigenvalue weighted by atomic mass is 16.5. The standard InChI is InChI=1S/C15H30N2O/c1-3-10-16-14-9-11-18-12-15(14)17(4-2)13-7-5-6-8-13/h13-16H,3-12H2,1-2H3. The van der Waals surface area contributed by atoms with Crippen LogP contribution in [0.3, 0.4) is 0 Å². The molecule has 0 radical (unpaired) electrons. The highest BCUT2D eigenvalue weighted by Gasteiger charge is 2.34. The molecule has 3 nitrogen and oxygen atoms in total. The summed E-state index contributed by atoms with van der Waals surface area (Å²) in [6.45, 7) is 8.72. The molecule has 18 heavy (non-hydrogen) atoms. The van der Waals surface area contributed by atoms with E-state index in [4.69, 9.17) is 4.74 Å². The Kier molecular flexibility index (Phi) is 5.93. The highest BCUT2D eigenvalue weighted by molar-refractivity contribution is 4.91. The van der Waals surface area contributed by atoms with Gasteiger partial charge in [-0.3, -0.25) is 4.90 Å². The Balaban J connectivity index is 1.96. The second-order valence-corrected chi connectivity index (χ2v) is 5.76. The second kappa shape index (κ2) is 7.46. The van der Waals surface area contributed by atoms with Crippen molar-refractivity contribution in [2.75, 3.05) is 26.3 Å². The zero-order valence-electron chi connectivity index (χ0n) is 12.2. The first kappa shape index (κ1) is 14.3. The third-order valence-corrected chi connectivity index (χ3v) is 4.57. The largest absolute Gasteiger partial charge is 0.380 e. The fraction of sp³-hybridized carbons (Fsp3) is 1.00. The van der Waals surface area contributed by atoms with Crippen molar-refractivity contribution >= 4 is 0 Å². The van der Waals surface area contributed by atoms with Gasteiger partial charge in [-0.2, -0.15) is 0 Å². The van der Waals surface area contributed by atoms with E-state index in [2.05, 4.69) is 24.1 Å². The topological polar surface area (TPSA) is 24.5 Å². The number of ether oxygens (including phenoxy) is 1. The van der Waals surface area contributed by atoms with Gasteiger partial charge >= 0.3 is 0 Å². The van der Waals surface area contributed by atoms with Gasteiger partial charge in [-0.1, -0.05) is 26.7 Å². The maximum Gasteiger partial charge on any atom is 0.0637 e. The zero-order valence-corrected chi connectivity index (χ0v) is 12.2. The van der Waals surface area contributed by atoms with Crippen LogP contribution in [0, 0.1) is 0 Å². The van der Waals surface area contributed by atoms with Gasteiger partial charge in [0.2, 0.25) is 0 Å². The van der Waals surface area contributed by atoms with Crippen molar-refractivity contribution < 1.29 is 4.74 Å². The van der Waals surface area contributed by atoms with Gasteiger partial charge in [-0.25, -0.2) is 0 Å². The number of nitrogens with zero attached hydrogens (tertiary/aromatic N) is 1. The summed E-state index contributed by atoms with van der Waals surface area (Å²) < 4.78 is 5.75. The fourth-order valence-electron chi connectivity index (χ4n) is 3.62. The zero-order chi connectivity index (χ0) is 12.8. The summed E-state index contributed by atoms with van der Waals surface area (Å²) in [6.07, 6.45) is 8.02. The molecule has 1 saturated carbocycles. The van der Waals surface area contributed by atoms with Crippen molar-refractivity contribution in [1.29, 1.82) is 0 Å². The van der Waals surface area contributed by atoms with Crippen molar-refractivity contribution in [2.24, 2.45) is 0 Å². The minimum atomic E-state index is 0.596. The number of hydrogen-bond donors (Lipinski definition) is 1. The van der Waals surface area contributed by atoms with Gasteiger partial charge in [0.1, 0.15) is 0 Å². The smallest absolute Gasteiger partial charge is 0.0637 e. The molecular formula is C15H30N2O. The molecule has 2 fully saturated rings.